The summed E-state index contributed by atoms with van der Waals surface area (Å²) in [6, 6.07) is 4.90. The highest BCUT2D eigenvalue weighted by molar-refractivity contribution is 6.30. The van der Waals surface area contributed by atoms with Gasteiger partial charge in [0.1, 0.15) is 5.82 Å². The summed E-state index contributed by atoms with van der Waals surface area (Å²) in [6.45, 7) is 1.97. The number of methoxy groups -OCH3 is 1. The van der Waals surface area contributed by atoms with Gasteiger partial charge in [-0.05, 0) is 31.0 Å². The minimum Gasteiger partial charge on any atom is -0.381 e. The fraction of sp³-hybridized carbons (Fsp3) is 0.571. The number of hydrogen-bond acceptors (Lipinski definition) is 3. The second-order valence-corrected chi connectivity index (χ2v) is 5.41. The van der Waals surface area contributed by atoms with Crippen LogP contribution in [0.5, 0.6) is 0 Å². The highest BCUT2D eigenvalue weighted by atomic mass is 35.5. The molecule has 106 valence electrons. The Kier molecular flexibility index (Phi) is 5.16. The van der Waals surface area contributed by atoms with E-state index in [0.717, 1.165) is 19.4 Å². The first-order chi connectivity index (χ1) is 9.13. The maximum absolute atomic E-state index is 13.8. The van der Waals surface area contributed by atoms with Crippen molar-refractivity contribution in [3.05, 3.63) is 34.6 Å². The molecular weight excluding hydrogens is 267 g/mol. The predicted octanol–water partition coefficient (Wildman–Crippen LogP) is 2.42. The maximum atomic E-state index is 13.8. The van der Waals surface area contributed by atoms with Crippen molar-refractivity contribution in [2.75, 3.05) is 20.2 Å². The number of likely N-dealkylation sites (tertiary alicyclic amines) is 1. The van der Waals surface area contributed by atoms with Gasteiger partial charge in [0, 0.05) is 43.4 Å². The lowest BCUT2D eigenvalue weighted by Crippen LogP contribution is -2.48. The SMILES string of the molecule is COC1CCN(Cc2cc(Cl)ccc2F)C(CN)C1. The smallest absolute Gasteiger partial charge is 0.127 e. The molecule has 3 nitrogen and oxygen atoms in total. The first-order valence-electron chi connectivity index (χ1n) is 6.55. The molecular formula is C14H20ClFN2O. The normalized spacial score (nSPS) is 24.6. The molecule has 1 aliphatic heterocycles. The molecule has 19 heavy (non-hydrogen) atoms. The van der Waals surface area contributed by atoms with E-state index < -0.39 is 0 Å². The molecule has 1 heterocycles. The second kappa shape index (κ2) is 6.66. The van der Waals surface area contributed by atoms with E-state index in [1.807, 2.05) is 0 Å². The highest BCUT2D eigenvalue weighted by Gasteiger charge is 2.27. The molecule has 0 saturated carbocycles. The van der Waals surface area contributed by atoms with Gasteiger partial charge in [-0.3, -0.25) is 4.90 Å². The van der Waals surface area contributed by atoms with Gasteiger partial charge in [-0.25, -0.2) is 4.39 Å². The number of halogens is 2. The van der Waals surface area contributed by atoms with Crippen LogP contribution in [-0.2, 0) is 11.3 Å². The summed E-state index contributed by atoms with van der Waals surface area (Å²) < 4.78 is 19.1. The average Bonchev–Trinajstić information content (AvgIpc) is 2.43. The van der Waals surface area contributed by atoms with E-state index >= 15 is 0 Å². The molecule has 1 fully saturated rings. The van der Waals surface area contributed by atoms with Crippen LogP contribution < -0.4 is 5.73 Å². The molecule has 2 rings (SSSR count). The quantitative estimate of drug-likeness (QED) is 0.924. The largest absolute Gasteiger partial charge is 0.381 e. The van der Waals surface area contributed by atoms with Crippen LogP contribution in [0.1, 0.15) is 18.4 Å². The molecule has 0 bridgehead atoms. The molecule has 0 radical (unpaired) electrons. The van der Waals surface area contributed by atoms with Crippen LogP contribution >= 0.6 is 11.6 Å². The van der Waals surface area contributed by atoms with Gasteiger partial charge < -0.3 is 10.5 Å². The van der Waals surface area contributed by atoms with Crippen LogP contribution in [0.25, 0.3) is 0 Å². The van der Waals surface area contributed by atoms with Gasteiger partial charge in [0.2, 0.25) is 0 Å². The average molecular weight is 287 g/mol. The number of rotatable bonds is 4. The van der Waals surface area contributed by atoms with Crippen molar-refractivity contribution in [2.45, 2.75) is 31.5 Å². The Morgan fingerprint density at radius 2 is 2.32 bits per heavy atom. The van der Waals surface area contributed by atoms with E-state index in [4.69, 9.17) is 22.1 Å². The molecule has 0 aromatic heterocycles. The van der Waals surface area contributed by atoms with Gasteiger partial charge in [0.15, 0.2) is 0 Å². The molecule has 2 atom stereocenters. The molecule has 1 aromatic rings. The Bertz CT molecular complexity index is 430. The summed E-state index contributed by atoms with van der Waals surface area (Å²) in [5, 5.41) is 0.562. The van der Waals surface area contributed by atoms with Crippen LogP contribution in [0.4, 0.5) is 4.39 Å². The molecule has 0 aliphatic carbocycles. The molecule has 2 N–H and O–H groups in total. The van der Waals surface area contributed by atoms with E-state index in [2.05, 4.69) is 4.90 Å². The van der Waals surface area contributed by atoms with Gasteiger partial charge in [-0.2, -0.15) is 0 Å². The Balaban J connectivity index is 2.07. The number of nitrogens with zero attached hydrogens (tertiary/aromatic N) is 1. The molecule has 1 aromatic carbocycles. The zero-order valence-electron chi connectivity index (χ0n) is 11.1. The Hall–Kier alpha value is -0.680. The van der Waals surface area contributed by atoms with E-state index in [9.17, 15) is 4.39 Å². The fourth-order valence-corrected chi connectivity index (χ4v) is 2.81. The van der Waals surface area contributed by atoms with Crippen molar-refractivity contribution in [3.63, 3.8) is 0 Å². The molecule has 0 amide bonds. The zero-order valence-corrected chi connectivity index (χ0v) is 11.9. The summed E-state index contributed by atoms with van der Waals surface area (Å²) in [5.74, 6) is -0.214. The molecule has 1 saturated heterocycles. The van der Waals surface area contributed by atoms with Crippen molar-refractivity contribution in [3.8, 4) is 0 Å². The summed E-state index contributed by atoms with van der Waals surface area (Å²) in [4.78, 5) is 2.21. The Morgan fingerprint density at radius 3 is 3.00 bits per heavy atom. The summed E-state index contributed by atoms with van der Waals surface area (Å²) in [6.07, 6.45) is 2.11. The molecule has 5 heteroatoms. The highest BCUT2D eigenvalue weighted by Crippen LogP contribution is 2.23. The van der Waals surface area contributed by atoms with E-state index in [-0.39, 0.29) is 18.0 Å². The van der Waals surface area contributed by atoms with Crippen LogP contribution in [0.15, 0.2) is 18.2 Å². The number of hydrogen-bond donors (Lipinski definition) is 1. The predicted molar refractivity (Wildman–Crippen MR) is 74.7 cm³/mol. The van der Waals surface area contributed by atoms with Crippen molar-refractivity contribution < 1.29 is 9.13 Å². The first kappa shape index (κ1) is 14.7. The van der Waals surface area contributed by atoms with Crippen molar-refractivity contribution >= 4 is 11.6 Å². The Labute approximate surface area is 118 Å². The number of piperidine rings is 1. The van der Waals surface area contributed by atoms with E-state index in [1.54, 1.807) is 19.2 Å². The van der Waals surface area contributed by atoms with Crippen LogP contribution in [-0.4, -0.2) is 37.2 Å². The minimum atomic E-state index is -0.214. The van der Waals surface area contributed by atoms with Crippen LogP contribution in [0.2, 0.25) is 5.02 Å². The van der Waals surface area contributed by atoms with E-state index in [1.165, 1.54) is 6.07 Å². The minimum absolute atomic E-state index is 0.214. The Morgan fingerprint density at radius 1 is 1.53 bits per heavy atom. The van der Waals surface area contributed by atoms with Gasteiger partial charge in [-0.1, -0.05) is 11.6 Å². The number of benzene rings is 1. The summed E-state index contributed by atoms with van der Waals surface area (Å²) in [5.41, 5.74) is 6.44. The third kappa shape index (κ3) is 3.66. The molecule has 0 spiro atoms. The van der Waals surface area contributed by atoms with Gasteiger partial charge in [0.05, 0.1) is 6.10 Å². The third-order valence-corrected chi connectivity index (χ3v) is 4.01. The van der Waals surface area contributed by atoms with Crippen LogP contribution in [0.3, 0.4) is 0 Å². The topological polar surface area (TPSA) is 38.5 Å². The zero-order chi connectivity index (χ0) is 13.8. The number of ether oxygens (including phenoxy) is 1. The second-order valence-electron chi connectivity index (χ2n) is 4.98. The lowest BCUT2D eigenvalue weighted by atomic mass is 9.98. The summed E-state index contributed by atoms with van der Waals surface area (Å²) in [7, 11) is 1.73. The van der Waals surface area contributed by atoms with Gasteiger partial charge in [0.25, 0.3) is 0 Å². The molecule has 1 aliphatic rings. The third-order valence-electron chi connectivity index (χ3n) is 3.78. The fourth-order valence-electron chi connectivity index (χ4n) is 2.61. The summed E-state index contributed by atoms with van der Waals surface area (Å²) >= 11 is 5.92. The van der Waals surface area contributed by atoms with Gasteiger partial charge >= 0.3 is 0 Å². The standard InChI is InChI=1S/C14H20ClFN2O/c1-19-13-4-5-18(12(7-13)8-17)9-10-6-11(15)2-3-14(10)16/h2-3,6,12-13H,4-5,7-9,17H2,1H3. The van der Waals surface area contributed by atoms with E-state index in [0.29, 0.717) is 23.7 Å². The lowest BCUT2D eigenvalue weighted by molar-refractivity contribution is 0.00988. The van der Waals surface area contributed by atoms with Crippen molar-refractivity contribution in [1.29, 1.82) is 0 Å². The maximum Gasteiger partial charge on any atom is 0.127 e. The van der Waals surface area contributed by atoms with Crippen LogP contribution in [0, 0.1) is 5.82 Å². The first-order valence-corrected chi connectivity index (χ1v) is 6.92. The molecule has 2 unspecified atom stereocenters. The van der Waals surface area contributed by atoms with Crippen molar-refractivity contribution in [2.24, 2.45) is 5.73 Å². The van der Waals surface area contributed by atoms with Crippen molar-refractivity contribution in [1.82, 2.24) is 4.90 Å². The number of nitrogens with two attached hydrogens (primary N) is 1. The van der Waals surface area contributed by atoms with Gasteiger partial charge in [-0.15, -0.1) is 0 Å². The monoisotopic (exact) mass is 286 g/mol. The lowest BCUT2D eigenvalue weighted by Gasteiger charge is -2.38.